The van der Waals surface area contributed by atoms with Crippen LogP contribution in [0.2, 0.25) is 19.6 Å². The first-order valence-electron chi connectivity index (χ1n) is 5.36. The van der Waals surface area contributed by atoms with Crippen molar-refractivity contribution in [1.82, 2.24) is 4.90 Å². The molecule has 1 aliphatic heterocycles. The Balaban J connectivity index is 2.60. The van der Waals surface area contributed by atoms with E-state index < -0.39 is 14.4 Å². The van der Waals surface area contributed by atoms with Gasteiger partial charge in [0.1, 0.15) is 12.8 Å². The fraction of sp³-hybridized carbons (Fsp3) is 0.800. The minimum atomic E-state index is -1.67. The Hall–Kier alpha value is -0.883. The summed E-state index contributed by atoms with van der Waals surface area (Å²) in [5, 5.41) is 0. The van der Waals surface area contributed by atoms with Crippen molar-refractivity contribution in [2.24, 2.45) is 0 Å². The maximum absolute atomic E-state index is 11.6. The second-order valence-electron chi connectivity index (χ2n) is 4.83. The Morgan fingerprint density at radius 1 is 1.50 bits per heavy atom. The number of hydrogen-bond donors (Lipinski definition) is 0. The summed E-state index contributed by atoms with van der Waals surface area (Å²) in [5.74, 6) is -0.390. The topological polar surface area (TPSA) is 55.8 Å². The lowest BCUT2D eigenvalue weighted by Gasteiger charge is -2.26. The first kappa shape index (κ1) is 13.2. The smallest absolute Gasteiger partial charge is 0.328 e. The van der Waals surface area contributed by atoms with Gasteiger partial charge >= 0.3 is 5.97 Å². The van der Waals surface area contributed by atoms with Gasteiger partial charge in [0, 0.05) is 6.42 Å². The van der Waals surface area contributed by atoms with Crippen LogP contribution in [0, 0.1) is 0 Å². The Labute approximate surface area is 96.8 Å². The molecule has 1 aliphatic rings. The highest BCUT2D eigenvalue weighted by atomic mass is 28.4. The summed E-state index contributed by atoms with van der Waals surface area (Å²) in [6.07, 6.45) is 0.926. The highest BCUT2D eigenvalue weighted by Crippen LogP contribution is 2.20. The molecule has 5 nitrogen and oxygen atoms in total. The van der Waals surface area contributed by atoms with E-state index in [9.17, 15) is 9.59 Å². The van der Waals surface area contributed by atoms with Gasteiger partial charge < -0.3 is 14.1 Å². The molecule has 1 fully saturated rings. The molecule has 0 aromatic heterocycles. The molecular weight excluding hydrogens is 226 g/mol. The molecule has 0 radical (unpaired) electrons. The van der Waals surface area contributed by atoms with Gasteiger partial charge in [-0.05, 0) is 26.1 Å². The zero-order valence-electron chi connectivity index (χ0n) is 10.3. The molecule has 0 spiro atoms. The van der Waals surface area contributed by atoms with E-state index in [4.69, 9.17) is 4.43 Å². The van der Waals surface area contributed by atoms with Gasteiger partial charge in [-0.1, -0.05) is 0 Å². The summed E-state index contributed by atoms with van der Waals surface area (Å²) >= 11 is 0. The van der Waals surface area contributed by atoms with Gasteiger partial charge in [0.25, 0.3) is 0 Å². The molecule has 16 heavy (non-hydrogen) atoms. The van der Waals surface area contributed by atoms with E-state index in [1.807, 2.05) is 19.6 Å². The first-order chi connectivity index (χ1) is 7.35. The summed E-state index contributed by atoms with van der Waals surface area (Å²) < 4.78 is 10.3. The van der Waals surface area contributed by atoms with E-state index in [0.717, 1.165) is 0 Å². The molecule has 92 valence electrons. The molecule has 0 aliphatic carbocycles. The Morgan fingerprint density at radius 2 is 2.12 bits per heavy atom. The SMILES string of the molecule is COC(=O)[C@@H]1CCC(=O)N1CO[Si](C)(C)C. The molecule has 0 aromatic rings. The number of likely N-dealkylation sites (tertiary alicyclic amines) is 1. The minimum Gasteiger partial charge on any atom is -0.467 e. The van der Waals surface area contributed by atoms with Crippen molar-refractivity contribution >= 4 is 20.2 Å². The summed E-state index contributed by atoms with van der Waals surface area (Å²) in [4.78, 5) is 24.5. The summed E-state index contributed by atoms with van der Waals surface area (Å²) in [5.41, 5.74) is 0. The molecule has 0 N–H and O–H groups in total. The fourth-order valence-corrected chi connectivity index (χ4v) is 2.07. The maximum Gasteiger partial charge on any atom is 0.328 e. The molecule has 0 unspecified atom stereocenters. The second kappa shape index (κ2) is 4.97. The third-order valence-electron chi connectivity index (χ3n) is 2.44. The van der Waals surface area contributed by atoms with Crippen LogP contribution in [0.25, 0.3) is 0 Å². The molecule has 1 rings (SSSR count). The molecular formula is C10H19NO4Si. The normalized spacial score (nSPS) is 21.4. The van der Waals surface area contributed by atoms with E-state index >= 15 is 0 Å². The highest BCUT2D eigenvalue weighted by molar-refractivity contribution is 6.69. The predicted molar refractivity (Wildman–Crippen MR) is 61.2 cm³/mol. The third kappa shape index (κ3) is 3.31. The number of esters is 1. The quantitative estimate of drug-likeness (QED) is 0.547. The molecule has 1 amide bonds. The van der Waals surface area contributed by atoms with E-state index in [-0.39, 0.29) is 18.6 Å². The number of hydrogen-bond acceptors (Lipinski definition) is 4. The van der Waals surface area contributed by atoms with Crippen molar-refractivity contribution < 1.29 is 18.8 Å². The second-order valence-corrected chi connectivity index (χ2v) is 9.34. The first-order valence-corrected chi connectivity index (χ1v) is 8.77. The average molecular weight is 245 g/mol. The predicted octanol–water partition coefficient (Wildman–Crippen LogP) is 0.959. The van der Waals surface area contributed by atoms with Crippen LogP contribution in [0.5, 0.6) is 0 Å². The van der Waals surface area contributed by atoms with Crippen molar-refractivity contribution in [3.05, 3.63) is 0 Å². The van der Waals surface area contributed by atoms with E-state index in [0.29, 0.717) is 12.8 Å². The zero-order valence-corrected chi connectivity index (χ0v) is 11.3. The number of methoxy groups -OCH3 is 1. The molecule has 0 saturated carbocycles. The number of carbonyl (C=O) groups excluding carboxylic acids is 2. The largest absolute Gasteiger partial charge is 0.467 e. The third-order valence-corrected chi connectivity index (χ3v) is 3.43. The van der Waals surface area contributed by atoms with Crippen LogP contribution in [0.3, 0.4) is 0 Å². The number of rotatable bonds is 4. The summed E-state index contributed by atoms with van der Waals surface area (Å²) in [7, 11) is -0.339. The van der Waals surface area contributed by atoms with E-state index in [1.165, 1.54) is 12.0 Å². The van der Waals surface area contributed by atoms with Crippen molar-refractivity contribution in [2.45, 2.75) is 38.5 Å². The van der Waals surface area contributed by atoms with Gasteiger partial charge in [0.05, 0.1) is 7.11 Å². The zero-order chi connectivity index (χ0) is 12.3. The number of amides is 1. The number of ether oxygens (including phenoxy) is 1. The van der Waals surface area contributed by atoms with Crippen LogP contribution in [0.1, 0.15) is 12.8 Å². The van der Waals surface area contributed by atoms with Gasteiger partial charge in [0.15, 0.2) is 8.32 Å². The van der Waals surface area contributed by atoms with Crippen LogP contribution >= 0.6 is 0 Å². The maximum atomic E-state index is 11.6. The Bertz CT molecular complexity index is 287. The molecule has 1 heterocycles. The summed E-state index contributed by atoms with van der Waals surface area (Å²) in [6, 6.07) is -0.464. The highest BCUT2D eigenvalue weighted by Gasteiger charge is 2.37. The lowest BCUT2D eigenvalue weighted by molar-refractivity contribution is -0.151. The molecule has 6 heteroatoms. The fourth-order valence-electron chi connectivity index (χ4n) is 1.54. The van der Waals surface area contributed by atoms with Gasteiger partial charge in [-0.3, -0.25) is 4.79 Å². The van der Waals surface area contributed by atoms with Crippen molar-refractivity contribution in [3.8, 4) is 0 Å². The van der Waals surface area contributed by atoms with E-state index in [2.05, 4.69) is 4.74 Å². The Morgan fingerprint density at radius 3 is 2.62 bits per heavy atom. The van der Waals surface area contributed by atoms with Crippen molar-refractivity contribution in [3.63, 3.8) is 0 Å². The number of nitrogens with zero attached hydrogens (tertiary/aromatic N) is 1. The van der Waals surface area contributed by atoms with Crippen LogP contribution < -0.4 is 0 Å². The lowest BCUT2D eigenvalue weighted by atomic mass is 10.2. The van der Waals surface area contributed by atoms with E-state index in [1.54, 1.807) is 0 Å². The van der Waals surface area contributed by atoms with Crippen LogP contribution in [-0.2, 0) is 18.8 Å². The molecule has 0 bridgehead atoms. The monoisotopic (exact) mass is 245 g/mol. The molecule has 1 atom stereocenters. The molecule has 0 aromatic carbocycles. The van der Waals surface area contributed by atoms with Gasteiger partial charge in [0.2, 0.25) is 5.91 Å². The van der Waals surface area contributed by atoms with Crippen molar-refractivity contribution in [1.29, 1.82) is 0 Å². The lowest BCUT2D eigenvalue weighted by Crippen LogP contribution is -2.43. The Kier molecular flexibility index (Phi) is 4.09. The minimum absolute atomic E-state index is 0.0337. The van der Waals surface area contributed by atoms with Crippen LogP contribution in [0.15, 0.2) is 0 Å². The number of carbonyl (C=O) groups is 2. The van der Waals surface area contributed by atoms with Gasteiger partial charge in [-0.25, -0.2) is 4.79 Å². The van der Waals surface area contributed by atoms with Crippen LogP contribution in [-0.4, -0.2) is 45.0 Å². The van der Waals surface area contributed by atoms with Gasteiger partial charge in [-0.2, -0.15) is 0 Å². The summed E-state index contributed by atoms with van der Waals surface area (Å²) in [6.45, 7) is 6.33. The van der Waals surface area contributed by atoms with Crippen LogP contribution in [0.4, 0.5) is 0 Å². The molecule has 1 saturated heterocycles. The standard InChI is InChI=1S/C10H19NO4Si/c1-14-10(13)8-5-6-9(12)11(8)7-15-16(2,3)4/h8H,5-7H2,1-4H3/t8-/m0/s1. The van der Waals surface area contributed by atoms with Crippen molar-refractivity contribution in [2.75, 3.05) is 13.8 Å². The van der Waals surface area contributed by atoms with Gasteiger partial charge in [-0.15, -0.1) is 0 Å². The average Bonchev–Trinajstić information content (AvgIpc) is 2.54.